The van der Waals surface area contributed by atoms with E-state index in [2.05, 4.69) is 61.7 Å². The van der Waals surface area contributed by atoms with Crippen molar-refractivity contribution in [2.45, 2.75) is 200 Å². The van der Waals surface area contributed by atoms with E-state index in [1.54, 1.807) is 30.3 Å². The van der Waals surface area contributed by atoms with Gasteiger partial charge in [-0.15, -0.1) is 0 Å². The van der Waals surface area contributed by atoms with Gasteiger partial charge in [-0.2, -0.15) is 5.10 Å². The van der Waals surface area contributed by atoms with Crippen LogP contribution in [-0.4, -0.2) is 179 Å². The van der Waals surface area contributed by atoms with E-state index >= 15 is 0 Å². The fraction of sp³-hybridized carbons (Fsp3) is 0.642. The van der Waals surface area contributed by atoms with Crippen molar-refractivity contribution in [1.82, 2.24) is 45.2 Å². The largest absolute Gasteiger partial charge is 0.469 e. The number of carbonyl (C=O) groups excluding carboxylic acids is 9. The molecule has 1 aliphatic heterocycles. The molecule has 3 N–H and O–H groups in total. The minimum Gasteiger partial charge on any atom is -0.469 e. The van der Waals surface area contributed by atoms with Crippen LogP contribution >= 0.6 is 15.9 Å². The van der Waals surface area contributed by atoms with Crippen molar-refractivity contribution in [2.24, 2.45) is 5.41 Å². The Bertz CT molecular complexity index is 3170. The number of hydrogen-bond donors (Lipinski definition) is 3. The van der Waals surface area contributed by atoms with Crippen molar-refractivity contribution in [2.75, 3.05) is 78.9 Å². The highest BCUT2D eigenvalue weighted by Gasteiger charge is 2.64. The molecule has 516 valence electrons. The Kier molecular flexibility index (Phi) is 32.6. The number of halogens is 2. The summed E-state index contributed by atoms with van der Waals surface area (Å²) in [5, 5.41) is 13.2. The van der Waals surface area contributed by atoms with Gasteiger partial charge in [0, 0.05) is 88.0 Å². The number of aromatic nitrogens is 6. The summed E-state index contributed by atoms with van der Waals surface area (Å²) in [5.41, 5.74) is 1.79. The average molecular weight is 1380 g/mol. The van der Waals surface area contributed by atoms with Crippen LogP contribution in [0, 0.1) is 18.2 Å². The third kappa shape index (κ3) is 25.6. The van der Waals surface area contributed by atoms with Gasteiger partial charge in [-0.05, 0) is 84.5 Å². The number of nitrogens with zero attached hydrogens (tertiary/aromatic N) is 7. The lowest BCUT2D eigenvalue weighted by atomic mass is 10.0. The molecule has 1 saturated heterocycles. The number of pyridine rings is 2. The van der Waals surface area contributed by atoms with Gasteiger partial charge in [0.1, 0.15) is 59.6 Å². The Morgan fingerprint density at radius 2 is 1.32 bits per heavy atom. The Balaban J connectivity index is 0.741. The van der Waals surface area contributed by atoms with Crippen LogP contribution in [0.4, 0.5) is 10.2 Å². The predicted octanol–water partition coefficient (Wildman–Crippen LogP) is 8.60. The van der Waals surface area contributed by atoms with Crippen LogP contribution in [0.5, 0.6) is 0 Å². The molecule has 0 bridgehead atoms. The van der Waals surface area contributed by atoms with Crippen LogP contribution in [-0.2, 0) is 79.7 Å². The zero-order valence-electron chi connectivity index (χ0n) is 55.2. The summed E-state index contributed by atoms with van der Waals surface area (Å²) in [6, 6.07) is 1.11. The van der Waals surface area contributed by atoms with Gasteiger partial charge in [0.15, 0.2) is 17.4 Å². The first kappa shape index (κ1) is 76.0. The molecule has 1 saturated carbocycles. The molecule has 0 spiro atoms. The zero-order valence-corrected chi connectivity index (χ0v) is 56.8. The van der Waals surface area contributed by atoms with Gasteiger partial charge in [0.25, 0.3) is 0 Å². The fourth-order valence-electron chi connectivity index (χ4n) is 11.3. The Hall–Kier alpha value is -7.07. The van der Waals surface area contributed by atoms with Crippen LogP contribution in [0.15, 0.2) is 35.3 Å². The topological polar surface area (TPSA) is 318 Å². The minimum absolute atomic E-state index is 0.0422. The van der Waals surface area contributed by atoms with E-state index in [1.165, 1.54) is 89.5 Å². The summed E-state index contributed by atoms with van der Waals surface area (Å²) in [7, 11) is 2.68. The van der Waals surface area contributed by atoms with Crippen LogP contribution < -0.4 is 16.0 Å². The van der Waals surface area contributed by atoms with Crippen LogP contribution in [0.1, 0.15) is 183 Å². The monoisotopic (exact) mass is 1380 g/mol. The van der Waals surface area contributed by atoms with Crippen LogP contribution in [0.25, 0.3) is 22.2 Å². The number of rotatable bonds is 48. The molecule has 5 heterocycles. The second-order valence-electron chi connectivity index (χ2n) is 24.4. The lowest BCUT2D eigenvalue weighted by molar-refractivity contribution is -0.145. The first-order chi connectivity index (χ1) is 45.3. The zero-order chi connectivity index (χ0) is 67.8. The summed E-state index contributed by atoms with van der Waals surface area (Å²) in [4.78, 5) is 133. The summed E-state index contributed by atoms with van der Waals surface area (Å²) in [6.45, 7) is 6.04. The number of methoxy groups -OCH3 is 2. The maximum atomic E-state index is 14.1. The summed E-state index contributed by atoms with van der Waals surface area (Å²) < 4.78 is 46.9. The molecule has 94 heavy (non-hydrogen) atoms. The molecule has 1 aliphatic carbocycles. The number of amides is 4. The van der Waals surface area contributed by atoms with Gasteiger partial charge >= 0.3 is 11.9 Å². The Morgan fingerprint density at radius 3 is 1.97 bits per heavy atom. The number of anilines is 1. The fourth-order valence-corrected chi connectivity index (χ4v) is 11.6. The number of nitrogens with one attached hydrogen (secondary N) is 3. The number of likely N-dealkylation sites (tertiary alicyclic amines) is 1. The quantitative estimate of drug-likeness (QED) is 0.0161. The van der Waals surface area contributed by atoms with Gasteiger partial charge in [-0.1, -0.05) is 84.0 Å². The molecule has 0 aromatic carbocycles. The molecule has 0 unspecified atom stereocenters. The van der Waals surface area contributed by atoms with Gasteiger partial charge in [-0.3, -0.25) is 48.0 Å². The molecule has 2 fully saturated rings. The number of hydrogen-bond acceptors (Lipinski definition) is 20. The van der Waals surface area contributed by atoms with E-state index in [0.29, 0.717) is 65.8 Å². The molecular formula is C67H94BrFN10O15. The van der Waals surface area contributed by atoms with E-state index in [0.717, 1.165) is 44.9 Å². The normalized spacial score (nSPS) is 15.9. The predicted molar refractivity (Wildman–Crippen MR) is 349 cm³/mol. The summed E-state index contributed by atoms with van der Waals surface area (Å²) in [6.07, 6.45) is 23.7. The van der Waals surface area contributed by atoms with Crippen molar-refractivity contribution in [3.05, 3.63) is 58.2 Å². The average Bonchev–Trinajstić information content (AvgIpc) is 1.55. The number of Topliss-reactive ketones (excluding diaryl/α,β-unsaturated/α-hetero) is 3. The number of unbranched alkanes of at least 4 members (excludes halogenated alkanes) is 13. The second-order valence-corrected chi connectivity index (χ2v) is 25.2. The van der Waals surface area contributed by atoms with Gasteiger partial charge in [-0.25, -0.2) is 24.1 Å². The highest BCUT2D eigenvalue weighted by atomic mass is 79.9. The number of ether oxygens (including phenoxy) is 6. The highest BCUT2D eigenvalue weighted by molar-refractivity contribution is 9.10. The first-order valence-electron chi connectivity index (χ1n) is 33.0. The summed E-state index contributed by atoms with van der Waals surface area (Å²) in [5.74, 6) is -2.53. The van der Waals surface area contributed by atoms with Gasteiger partial charge in [0.05, 0.1) is 64.7 Å². The molecule has 2 aliphatic rings. The SMILES string of the molecule is COC(=O)CCCCCCCCCCCCCCCCC(=O)N[C@@H](CCC(=O)CCCOCCOCC(=O)NCCOCCOCC(=O)CCc1ncc(-c2cc3c(C(C)=O)nn(CC(=O)N4[C@H](C(=O)Nc5nc(Br)c(F)cc5C)C[C@@]5(C)C[C@@H]45)c3cn2)cn1)C(=O)OC. The molecule has 27 heteroatoms. The Morgan fingerprint density at radius 1 is 0.691 bits per heavy atom. The smallest absolute Gasteiger partial charge is 0.328 e. The standard InChI is InChI=1S/C67H94BrFN10O15/c1-45-35-51(69)63(68)75-64(45)76-65(87)54-37-67(3)38-56(67)79(54)60(85)42-78-55-41-71-53(36-50(55)62(77-78)46(2)80)47-39-72-57(73-40-47)27-25-49(82)43-93-33-32-92-30-28-70-59(84)44-94-34-31-91-29-20-21-48(81)24-26-52(66(88)90-5)74-58(83)22-18-16-14-12-10-8-6-7-9-11-13-15-17-19-23-61(86)89-4/h35-36,39-41,52,54,56H,6-34,37-38,42-44H2,1-5H3,(H,70,84)(H,74,83)(H,75,76,87)/t52-,54-,56+,67-/m0/s1. The van der Waals surface area contributed by atoms with Gasteiger partial charge < -0.3 is 49.3 Å². The Labute approximate surface area is 557 Å². The molecule has 4 aromatic heterocycles. The highest BCUT2D eigenvalue weighted by Crippen LogP contribution is 2.59. The van der Waals surface area contributed by atoms with Gasteiger partial charge in [0.2, 0.25) is 23.6 Å². The molecular weight excluding hydrogens is 1280 g/mol. The first-order valence-corrected chi connectivity index (χ1v) is 33.8. The number of aryl methyl sites for hydroxylation is 2. The van der Waals surface area contributed by atoms with Crippen molar-refractivity contribution in [3.8, 4) is 11.3 Å². The lowest BCUT2D eigenvalue weighted by Crippen LogP contribution is -2.47. The molecule has 4 atom stereocenters. The van der Waals surface area contributed by atoms with Crippen LogP contribution in [0.3, 0.4) is 0 Å². The second kappa shape index (κ2) is 40.4. The van der Waals surface area contributed by atoms with Crippen LogP contribution in [0.2, 0.25) is 0 Å². The molecule has 4 amide bonds. The van der Waals surface area contributed by atoms with E-state index in [9.17, 15) is 47.5 Å². The van der Waals surface area contributed by atoms with Crippen molar-refractivity contribution in [1.29, 1.82) is 0 Å². The molecule has 25 nitrogen and oxygen atoms in total. The van der Waals surface area contributed by atoms with E-state index in [-0.39, 0.29) is 160 Å². The third-order valence-electron chi connectivity index (χ3n) is 16.8. The minimum atomic E-state index is -0.885. The maximum Gasteiger partial charge on any atom is 0.328 e. The number of piperidine rings is 1. The maximum absolute atomic E-state index is 14.1. The lowest BCUT2D eigenvalue weighted by Gasteiger charge is -2.27. The number of fused-ring (bicyclic) bond motifs is 2. The van der Waals surface area contributed by atoms with E-state index < -0.39 is 29.8 Å². The molecule has 6 rings (SSSR count). The van der Waals surface area contributed by atoms with Crippen molar-refractivity contribution < 1.29 is 76.0 Å². The molecule has 0 radical (unpaired) electrons. The summed E-state index contributed by atoms with van der Waals surface area (Å²) >= 11 is 3.07. The van der Waals surface area contributed by atoms with E-state index in [1.807, 2.05) is 6.92 Å². The number of ketones is 3. The van der Waals surface area contributed by atoms with Crippen molar-refractivity contribution in [3.63, 3.8) is 0 Å². The number of esters is 2. The number of carbonyl (C=O) groups is 9. The van der Waals surface area contributed by atoms with Crippen molar-refractivity contribution >= 4 is 85.6 Å². The molecule has 4 aromatic rings. The van der Waals surface area contributed by atoms with E-state index in [4.69, 9.17) is 23.7 Å². The third-order valence-corrected chi connectivity index (χ3v) is 17.4.